The van der Waals surface area contributed by atoms with Gasteiger partial charge in [0.05, 0.1) is 27.2 Å². The lowest BCUT2D eigenvalue weighted by Gasteiger charge is -2.18. The van der Waals surface area contributed by atoms with Crippen LogP contribution in [0.1, 0.15) is 17.3 Å². The first-order valence-electron chi connectivity index (χ1n) is 7.25. The fraction of sp³-hybridized carbons (Fsp3) is 0.500. The first-order valence-corrected chi connectivity index (χ1v) is 7.25. The number of nitrogens with zero attached hydrogens (tertiary/aromatic N) is 1. The Bertz CT molecular complexity index is 590. The molecule has 1 aromatic rings. The highest BCUT2D eigenvalue weighted by Gasteiger charge is 2.37. The Labute approximate surface area is 134 Å². The molecular formula is C16H21NO6. The molecule has 1 N–H and O–H groups in total. The molecule has 7 nitrogen and oxygen atoms in total. The molecule has 0 saturated carbocycles. The van der Waals surface area contributed by atoms with E-state index in [0.29, 0.717) is 29.4 Å². The lowest BCUT2D eigenvalue weighted by molar-refractivity contribution is -0.142. The Hall–Kier alpha value is -2.44. The molecule has 1 heterocycles. The van der Waals surface area contributed by atoms with E-state index in [9.17, 15) is 14.7 Å². The third-order valence-corrected chi connectivity index (χ3v) is 4.13. The van der Waals surface area contributed by atoms with Crippen LogP contribution in [0.3, 0.4) is 0 Å². The fourth-order valence-electron chi connectivity index (χ4n) is 2.84. The maximum atomic E-state index is 12.7. The summed E-state index contributed by atoms with van der Waals surface area (Å²) < 4.78 is 15.7. The number of aliphatic carboxylic acids is 1. The fourth-order valence-corrected chi connectivity index (χ4v) is 2.84. The molecule has 2 atom stereocenters. The van der Waals surface area contributed by atoms with Crippen LogP contribution in [0.5, 0.6) is 17.2 Å². The van der Waals surface area contributed by atoms with E-state index in [2.05, 4.69) is 0 Å². The van der Waals surface area contributed by atoms with Crippen molar-refractivity contribution in [1.82, 2.24) is 4.90 Å². The van der Waals surface area contributed by atoms with Crippen molar-refractivity contribution in [3.05, 3.63) is 17.7 Å². The van der Waals surface area contributed by atoms with Gasteiger partial charge in [0.25, 0.3) is 5.91 Å². The van der Waals surface area contributed by atoms with Crippen LogP contribution in [0.15, 0.2) is 12.1 Å². The molecule has 0 spiro atoms. The van der Waals surface area contributed by atoms with Crippen molar-refractivity contribution in [1.29, 1.82) is 0 Å². The summed E-state index contributed by atoms with van der Waals surface area (Å²) in [5.74, 6) is -0.573. The van der Waals surface area contributed by atoms with E-state index in [4.69, 9.17) is 14.2 Å². The SMILES string of the molecule is COc1cc(C(=O)N2C[C@@H](C)[C@H](C(=O)O)C2)cc(OC)c1OC. The molecule has 2 rings (SSSR count). The number of carboxylic acid groups (broad SMARTS) is 1. The van der Waals surface area contributed by atoms with E-state index in [0.717, 1.165) is 0 Å². The topological polar surface area (TPSA) is 85.3 Å². The molecule has 0 bridgehead atoms. The lowest BCUT2D eigenvalue weighted by atomic mass is 9.99. The summed E-state index contributed by atoms with van der Waals surface area (Å²) >= 11 is 0. The number of rotatable bonds is 5. The molecule has 0 unspecified atom stereocenters. The Morgan fingerprint density at radius 2 is 1.65 bits per heavy atom. The normalized spacial score (nSPS) is 20.3. The second-order valence-electron chi connectivity index (χ2n) is 5.55. The maximum absolute atomic E-state index is 12.7. The number of carboxylic acids is 1. The van der Waals surface area contributed by atoms with E-state index in [1.165, 1.54) is 21.3 Å². The molecule has 1 fully saturated rings. The van der Waals surface area contributed by atoms with Crippen molar-refractivity contribution in [3.63, 3.8) is 0 Å². The average Bonchev–Trinajstić information content (AvgIpc) is 2.94. The van der Waals surface area contributed by atoms with Gasteiger partial charge in [0.2, 0.25) is 5.75 Å². The van der Waals surface area contributed by atoms with Gasteiger partial charge in [-0.2, -0.15) is 0 Å². The van der Waals surface area contributed by atoms with Crippen LogP contribution in [-0.4, -0.2) is 56.3 Å². The maximum Gasteiger partial charge on any atom is 0.308 e. The molecule has 1 aliphatic heterocycles. The highest BCUT2D eigenvalue weighted by molar-refractivity contribution is 5.96. The Morgan fingerprint density at radius 1 is 1.09 bits per heavy atom. The summed E-state index contributed by atoms with van der Waals surface area (Å²) in [5.41, 5.74) is 0.373. The predicted molar refractivity (Wildman–Crippen MR) is 82.3 cm³/mol. The average molecular weight is 323 g/mol. The van der Waals surface area contributed by atoms with Gasteiger partial charge in [0, 0.05) is 18.7 Å². The van der Waals surface area contributed by atoms with Crippen molar-refractivity contribution >= 4 is 11.9 Å². The van der Waals surface area contributed by atoms with E-state index in [-0.39, 0.29) is 18.4 Å². The van der Waals surface area contributed by atoms with Crippen LogP contribution in [0.4, 0.5) is 0 Å². The van der Waals surface area contributed by atoms with Gasteiger partial charge in [-0.15, -0.1) is 0 Å². The Balaban J connectivity index is 2.31. The van der Waals surface area contributed by atoms with Gasteiger partial charge >= 0.3 is 5.97 Å². The van der Waals surface area contributed by atoms with Crippen LogP contribution < -0.4 is 14.2 Å². The van der Waals surface area contributed by atoms with E-state index in [1.54, 1.807) is 17.0 Å². The zero-order valence-corrected chi connectivity index (χ0v) is 13.7. The number of hydrogen-bond donors (Lipinski definition) is 1. The van der Waals surface area contributed by atoms with Crippen molar-refractivity contribution in [3.8, 4) is 17.2 Å². The molecule has 7 heteroatoms. The largest absolute Gasteiger partial charge is 0.493 e. The number of carbonyl (C=O) groups excluding carboxylic acids is 1. The van der Waals surface area contributed by atoms with E-state index < -0.39 is 11.9 Å². The van der Waals surface area contributed by atoms with E-state index >= 15 is 0 Å². The van der Waals surface area contributed by atoms with Crippen molar-refractivity contribution in [2.45, 2.75) is 6.92 Å². The summed E-state index contributed by atoms with van der Waals surface area (Å²) in [5, 5.41) is 9.19. The van der Waals surface area contributed by atoms with Crippen LogP contribution >= 0.6 is 0 Å². The number of carbonyl (C=O) groups is 2. The minimum atomic E-state index is -0.877. The van der Waals surface area contributed by atoms with Crippen LogP contribution in [0, 0.1) is 11.8 Å². The quantitative estimate of drug-likeness (QED) is 0.884. The Kier molecular flexibility index (Phi) is 4.98. The number of hydrogen-bond acceptors (Lipinski definition) is 5. The summed E-state index contributed by atoms with van der Waals surface area (Å²) in [6.45, 7) is 2.44. The van der Waals surface area contributed by atoms with Crippen molar-refractivity contribution in [2.75, 3.05) is 34.4 Å². The number of amides is 1. The summed E-state index contributed by atoms with van der Waals surface area (Å²) in [6, 6.07) is 3.14. The smallest absolute Gasteiger partial charge is 0.308 e. The van der Waals surface area contributed by atoms with Crippen LogP contribution in [0.2, 0.25) is 0 Å². The minimum Gasteiger partial charge on any atom is -0.493 e. The first-order chi connectivity index (χ1) is 10.9. The molecule has 0 radical (unpaired) electrons. The monoisotopic (exact) mass is 323 g/mol. The molecule has 1 aromatic carbocycles. The standard InChI is InChI=1S/C16H21NO6/c1-9-7-17(8-11(9)16(19)20)15(18)10-5-12(21-2)14(23-4)13(6-10)22-3/h5-6,9,11H,7-8H2,1-4H3,(H,19,20)/t9-,11-/m1/s1. The highest BCUT2D eigenvalue weighted by Crippen LogP contribution is 2.39. The second-order valence-corrected chi connectivity index (χ2v) is 5.55. The number of benzene rings is 1. The minimum absolute atomic E-state index is 0.0847. The van der Waals surface area contributed by atoms with Gasteiger partial charge in [-0.25, -0.2) is 0 Å². The molecule has 1 amide bonds. The van der Waals surface area contributed by atoms with Crippen LogP contribution in [0.25, 0.3) is 0 Å². The third kappa shape index (κ3) is 3.18. The van der Waals surface area contributed by atoms with Gasteiger partial charge in [-0.1, -0.05) is 6.92 Å². The number of methoxy groups -OCH3 is 3. The zero-order chi connectivity index (χ0) is 17.1. The van der Waals surface area contributed by atoms with E-state index in [1.807, 2.05) is 6.92 Å². The van der Waals surface area contributed by atoms with Crippen LogP contribution in [-0.2, 0) is 4.79 Å². The third-order valence-electron chi connectivity index (χ3n) is 4.13. The molecule has 23 heavy (non-hydrogen) atoms. The Morgan fingerprint density at radius 3 is 2.04 bits per heavy atom. The lowest BCUT2D eigenvalue weighted by Crippen LogP contribution is -2.30. The van der Waals surface area contributed by atoms with Gasteiger partial charge in [0.1, 0.15) is 0 Å². The molecule has 0 aromatic heterocycles. The van der Waals surface area contributed by atoms with Gasteiger partial charge in [-0.05, 0) is 18.1 Å². The predicted octanol–water partition coefficient (Wildman–Crippen LogP) is 1.51. The molecule has 0 aliphatic carbocycles. The van der Waals surface area contributed by atoms with Gasteiger partial charge in [-0.3, -0.25) is 9.59 Å². The van der Waals surface area contributed by atoms with Gasteiger partial charge < -0.3 is 24.2 Å². The highest BCUT2D eigenvalue weighted by atomic mass is 16.5. The number of likely N-dealkylation sites (tertiary alicyclic amines) is 1. The van der Waals surface area contributed by atoms with Crippen molar-refractivity contribution < 1.29 is 28.9 Å². The summed E-state index contributed by atoms with van der Waals surface area (Å²) in [7, 11) is 4.44. The van der Waals surface area contributed by atoms with Crippen molar-refractivity contribution in [2.24, 2.45) is 11.8 Å². The zero-order valence-electron chi connectivity index (χ0n) is 13.7. The second kappa shape index (κ2) is 6.76. The summed E-state index contributed by atoms with van der Waals surface area (Å²) in [4.78, 5) is 25.4. The first kappa shape index (κ1) is 16.9. The summed E-state index contributed by atoms with van der Waals surface area (Å²) in [6.07, 6.45) is 0. The van der Waals surface area contributed by atoms with Gasteiger partial charge in [0.15, 0.2) is 11.5 Å². The molecule has 1 aliphatic rings. The molecule has 126 valence electrons. The molecular weight excluding hydrogens is 302 g/mol. The molecule has 1 saturated heterocycles. The number of ether oxygens (including phenoxy) is 3.